The monoisotopic (exact) mass is 232 g/mol. The van der Waals surface area contributed by atoms with E-state index in [1.807, 2.05) is 6.92 Å². The average Bonchev–Trinajstić information content (AvgIpc) is 2.37. The summed E-state index contributed by atoms with van der Waals surface area (Å²) in [6.07, 6.45) is 2.64. The van der Waals surface area contributed by atoms with Gasteiger partial charge in [-0.3, -0.25) is 4.79 Å². The SMILES string of the molecule is CCCC(=O)Oc1occc1Br. The highest BCUT2D eigenvalue weighted by Crippen LogP contribution is 2.25. The van der Waals surface area contributed by atoms with Gasteiger partial charge in [-0.2, -0.15) is 0 Å². The Morgan fingerprint density at radius 1 is 1.75 bits per heavy atom. The minimum absolute atomic E-state index is 0.230. The van der Waals surface area contributed by atoms with E-state index in [0.29, 0.717) is 10.9 Å². The first-order chi connectivity index (χ1) is 5.74. The third-order valence-corrected chi connectivity index (χ3v) is 1.83. The van der Waals surface area contributed by atoms with E-state index in [9.17, 15) is 4.79 Å². The summed E-state index contributed by atoms with van der Waals surface area (Å²) in [5, 5.41) is 0. The molecule has 1 aromatic heterocycles. The second-order valence-electron chi connectivity index (χ2n) is 2.28. The Kier molecular flexibility index (Phi) is 3.34. The Balaban J connectivity index is 2.52. The number of halogens is 1. The van der Waals surface area contributed by atoms with E-state index in [-0.39, 0.29) is 11.9 Å². The minimum Gasteiger partial charge on any atom is -0.433 e. The summed E-state index contributed by atoms with van der Waals surface area (Å²) in [6, 6.07) is 1.68. The third-order valence-electron chi connectivity index (χ3n) is 1.25. The Morgan fingerprint density at radius 2 is 2.50 bits per heavy atom. The van der Waals surface area contributed by atoms with Crippen LogP contribution in [-0.2, 0) is 4.79 Å². The topological polar surface area (TPSA) is 39.4 Å². The molecule has 1 heterocycles. The zero-order valence-electron chi connectivity index (χ0n) is 6.67. The maximum absolute atomic E-state index is 11.0. The van der Waals surface area contributed by atoms with Gasteiger partial charge in [0, 0.05) is 6.42 Å². The van der Waals surface area contributed by atoms with Gasteiger partial charge in [0.1, 0.15) is 4.47 Å². The summed E-state index contributed by atoms with van der Waals surface area (Å²) in [5.74, 6) is -0.0402. The summed E-state index contributed by atoms with van der Waals surface area (Å²) in [7, 11) is 0. The number of carbonyl (C=O) groups is 1. The van der Waals surface area contributed by atoms with Gasteiger partial charge in [-0.15, -0.1) is 0 Å². The van der Waals surface area contributed by atoms with Crippen LogP contribution >= 0.6 is 15.9 Å². The highest BCUT2D eigenvalue weighted by atomic mass is 79.9. The van der Waals surface area contributed by atoms with Gasteiger partial charge in [0.05, 0.1) is 6.26 Å². The van der Waals surface area contributed by atoms with Crippen LogP contribution in [0.2, 0.25) is 0 Å². The Bertz CT molecular complexity index is 267. The molecule has 0 spiro atoms. The molecule has 0 N–H and O–H groups in total. The molecule has 0 fully saturated rings. The molecule has 4 heteroatoms. The number of hydrogen-bond acceptors (Lipinski definition) is 3. The van der Waals surface area contributed by atoms with Gasteiger partial charge in [-0.1, -0.05) is 6.92 Å². The zero-order chi connectivity index (χ0) is 8.97. The molecule has 0 saturated heterocycles. The predicted octanol–water partition coefficient (Wildman–Crippen LogP) is 2.75. The molecule has 0 amide bonds. The molecule has 66 valence electrons. The molecule has 0 unspecified atom stereocenters. The van der Waals surface area contributed by atoms with Crippen LogP contribution in [0.25, 0.3) is 0 Å². The quantitative estimate of drug-likeness (QED) is 0.753. The van der Waals surface area contributed by atoms with E-state index in [4.69, 9.17) is 9.15 Å². The standard InChI is InChI=1S/C8H9BrO3/c1-2-3-7(10)12-8-6(9)4-5-11-8/h4-5H,2-3H2,1H3. The van der Waals surface area contributed by atoms with Gasteiger partial charge in [0.25, 0.3) is 0 Å². The summed E-state index contributed by atoms with van der Waals surface area (Å²) >= 11 is 3.17. The Labute approximate surface area is 78.8 Å². The molecule has 1 aromatic rings. The van der Waals surface area contributed by atoms with Crippen LogP contribution in [-0.4, -0.2) is 5.97 Å². The van der Waals surface area contributed by atoms with Crippen LogP contribution in [0.3, 0.4) is 0 Å². The number of esters is 1. The van der Waals surface area contributed by atoms with Crippen molar-refractivity contribution in [3.63, 3.8) is 0 Å². The number of carbonyl (C=O) groups excluding carboxylic acids is 1. The van der Waals surface area contributed by atoms with Gasteiger partial charge >= 0.3 is 11.9 Å². The molecule has 3 nitrogen and oxygen atoms in total. The van der Waals surface area contributed by atoms with Crippen LogP contribution in [0, 0.1) is 0 Å². The molecular formula is C8H9BrO3. The second kappa shape index (κ2) is 4.30. The third kappa shape index (κ3) is 2.37. The fourth-order valence-electron chi connectivity index (χ4n) is 0.711. The average molecular weight is 233 g/mol. The van der Waals surface area contributed by atoms with Crippen LogP contribution < -0.4 is 4.74 Å². The molecule has 12 heavy (non-hydrogen) atoms. The molecule has 0 aliphatic heterocycles. The van der Waals surface area contributed by atoms with Crippen molar-refractivity contribution in [2.75, 3.05) is 0 Å². The smallest absolute Gasteiger partial charge is 0.313 e. The first-order valence-electron chi connectivity index (χ1n) is 3.67. The molecule has 0 aromatic carbocycles. The summed E-state index contributed by atoms with van der Waals surface area (Å²) in [6.45, 7) is 1.92. The van der Waals surface area contributed by atoms with E-state index in [0.717, 1.165) is 6.42 Å². The first kappa shape index (κ1) is 9.32. The van der Waals surface area contributed by atoms with Crippen molar-refractivity contribution >= 4 is 21.9 Å². The molecule has 0 bridgehead atoms. The second-order valence-corrected chi connectivity index (χ2v) is 3.13. The highest BCUT2D eigenvalue weighted by molar-refractivity contribution is 9.10. The van der Waals surface area contributed by atoms with Gasteiger partial charge in [0.2, 0.25) is 0 Å². The van der Waals surface area contributed by atoms with Crippen molar-refractivity contribution in [1.29, 1.82) is 0 Å². The van der Waals surface area contributed by atoms with Crippen molar-refractivity contribution in [3.05, 3.63) is 16.8 Å². The largest absolute Gasteiger partial charge is 0.433 e. The fourth-order valence-corrected chi connectivity index (χ4v) is 0.994. The minimum atomic E-state index is -0.270. The van der Waals surface area contributed by atoms with Gasteiger partial charge < -0.3 is 9.15 Å². The van der Waals surface area contributed by atoms with Crippen molar-refractivity contribution in [3.8, 4) is 5.95 Å². The first-order valence-corrected chi connectivity index (χ1v) is 4.47. The van der Waals surface area contributed by atoms with E-state index in [1.54, 1.807) is 6.07 Å². The van der Waals surface area contributed by atoms with E-state index < -0.39 is 0 Å². The lowest BCUT2D eigenvalue weighted by atomic mass is 10.3. The van der Waals surface area contributed by atoms with Gasteiger partial charge in [0.15, 0.2) is 0 Å². The Hall–Kier alpha value is -0.770. The molecule has 1 rings (SSSR count). The zero-order valence-corrected chi connectivity index (χ0v) is 8.26. The van der Waals surface area contributed by atoms with Crippen LogP contribution in [0.5, 0.6) is 5.95 Å². The van der Waals surface area contributed by atoms with Crippen LogP contribution in [0.4, 0.5) is 0 Å². The molecule has 0 atom stereocenters. The number of hydrogen-bond donors (Lipinski definition) is 0. The van der Waals surface area contributed by atoms with E-state index >= 15 is 0 Å². The van der Waals surface area contributed by atoms with Crippen LogP contribution in [0.15, 0.2) is 21.2 Å². The molecule has 0 radical (unpaired) electrons. The number of furan rings is 1. The molecule has 0 saturated carbocycles. The maximum Gasteiger partial charge on any atom is 0.313 e. The normalized spacial score (nSPS) is 9.83. The summed E-state index contributed by atoms with van der Waals surface area (Å²) in [4.78, 5) is 11.0. The van der Waals surface area contributed by atoms with E-state index in [2.05, 4.69) is 15.9 Å². The molecule has 0 aliphatic rings. The van der Waals surface area contributed by atoms with Crippen molar-refractivity contribution in [2.24, 2.45) is 0 Å². The number of rotatable bonds is 3. The highest BCUT2D eigenvalue weighted by Gasteiger charge is 2.09. The lowest BCUT2D eigenvalue weighted by molar-refractivity contribution is -0.135. The lowest BCUT2D eigenvalue weighted by Gasteiger charge is -1.98. The Morgan fingerprint density at radius 3 is 3.00 bits per heavy atom. The lowest BCUT2D eigenvalue weighted by Crippen LogP contribution is -2.06. The molecular weight excluding hydrogens is 224 g/mol. The number of ether oxygens (including phenoxy) is 1. The summed E-state index contributed by atoms with van der Waals surface area (Å²) < 4.78 is 10.4. The fraction of sp³-hybridized carbons (Fsp3) is 0.375. The van der Waals surface area contributed by atoms with Crippen molar-refractivity contribution < 1.29 is 13.9 Å². The van der Waals surface area contributed by atoms with E-state index in [1.165, 1.54) is 6.26 Å². The van der Waals surface area contributed by atoms with Crippen molar-refractivity contribution in [2.45, 2.75) is 19.8 Å². The maximum atomic E-state index is 11.0. The van der Waals surface area contributed by atoms with Crippen molar-refractivity contribution in [1.82, 2.24) is 0 Å². The van der Waals surface area contributed by atoms with Crippen LogP contribution in [0.1, 0.15) is 19.8 Å². The summed E-state index contributed by atoms with van der Waals surface area (Å²) in [5.41, 5.74) is 0. The van der Waals surface area contributed by atoms with Gasteiger partial charge in [-0.05, 0) is 28.4 Å². The van der Waals surface area contributed by atoms with Gasteiger partial charge in [-0.25, -0.2) is 0 Å². The predicted molar refractivity (Wildman–Crippen MR) is 47.0 cm³/mol. The molecule has 0 aliphatic carbocycles.